The van der Waals surface area contributed by atoms with Crippen LogP contribution in [0.2, 0.25) is 0 Å². The fourth-order valence-corrected chi connectivity index (χ4v) is 1.60. The summed E-state index contributed by atoms with van der Waals surface area (Å²) in [4.78, 5) is 10.8. The molecule has 0 aliphatic heterocycles. The standard InChI is InChI=1S/C13H26O2/c1-4-12(2)10-8-6-5-7-9-11-13(14)15-3/h12H,4-11H2,1-3H3. The van der Waals surface area contributed by atoms with Gasteiger partial charge in [-0.2, -0.15) is 0 Å². The minimum atomic E-state index is -0.0744. The fourth-order valence-electron chi connectivity index (χ4n) is 1.60. The maximum Gasteiger partial charge on any atom is 0.305 e. The smallest absolute Gasteiger partial charge is 0.305 e. The van der Waals surface area contributed by atoms with Gasteiger partial charge in [-0.1, -0.05) is 52.4 Å². The summed E-state index contributed by atoms with van der Waals surface area (Å²) in [6.07, 6.45) is 9.29. The van der Waals surface area contributed by atoms with E-state index in [4.69, 9.17) is 0 Å². The van der Waals surface area contributed by atoms with Gasteiger partial charge in [0.2, 0.25) is 0 Å². The average molecular weight is 214 g/mol. The Kier molecular flexibility index (Phi) is 9.65. The van der Waals surface area contributed by atoms with E-state index in [9.17, 15) is 4.79 Å². The topological polar surface area (TPSA) is 26.3 Å². The molecule has 0 radical (unpaired) electrons. The molecule has 0 amide bonds. The van der Waals surface area contributed by atoms with E-state index in [2.05, 4.69) is 18.6 Å². The second-order valence-electron chi connectivity index (χ2n) is 4.40. The van der Waals surface area contributed by atoms with Crippen LogP contribution in [-0.4, -0.2) is 13.1 Å². The highest BCUT2D eigenvalue weighted by Crippen LogP contribution is 2.14. The second kappa shape index (κ2) is 10.0. The van der Waals surface area contributed by atoms with Crippen molar-refractivity contribution < 1.29 is 9.53 Å². The summed E-state index contributed by atoms with van der Waals surface area (Å²) in [5.41, 5.74) is 0. The lowest BCUT2D eigenvalue weighted by Gasteiger charge is -2.07. The van der Waals surface area contributed by atoms with Crippen LogP contribution in [-0.2, 0) is 9.53 Å². The Labute approximate surface area is 94.4 Å². The predicted octanol–water partition coefficient (Wildman–Crippen LogP) is 3.94. The quantitative estimate of drug-likeness (QED) is 0.429. The average Bonchev–Trinajstić information content (AvgIpc) is 2.26. The number of ether oxygens (including phenoxy) is 1. The van der Waals surface area contributed by atoms with Gasteiger partial charge in [-0.25, -0.2) is 0 Å². The molecule has 0 bridgehead atoms. The molecule has 1 atom stereocenters. The lowest BCUT2D eigenvalue weighted by Crippen LogP contribution is -1.99. The van der Waals surface area contributed by atoms with Crippen molar-refractivity contribution in [2.75, 3.05) is 7.11 Å². The van der Waals surface area contributed by atoms with Gasteiger partial charge in [0.25, 0.3) is 0 Å². The molecule has 0 aliphatic rings. The van der Waals surface area contributed by atoms with Crippen LogP contribution in [0.4, 0.5) is 0 Å². The van der Waals surface area contributed by atoms with Crippen molar-refractivity contribution in [3.63, 3.8) is 0 Å². The number of methoxy groups -OCH3 is 1. The molecule has 0 saturated carbocycles. The van der Waals surface area contributed by atoms with Gasteiger partial charge in [-0.15, -0.1) is 0 Å². The molecule has 0 aromatic rings. The summed E-state index contributed by atoms with van der Waals surface area (Å²) in [5.74, 6) is 0.801. The first-order valence-corrected chi connectivity index (χ1v) is 6.27. The van der Waals surface area contributed by atoms with E-state index in [0.29, 0.717) is 6.42 Å². The molecule has 90 valence electrons. The predicted molar refractivity (Wildman–Crippen MR) is 63.8 cm³/mol. The summed E-state index contributed by atoms with van der Waals surface area (Å²) >= 11 is 0. The molecule has 0 aromatic carbocycles. The zero-order valence-corrected chi connectivity index (χ0v) is 10.6. The van der Waals surface area contributed by atoms with Gasteiger partial charge in [0.05, 0.1) is 7.11 Å². The van der Waals surface area contributed by atoms with E-state index < -0.39 is 0 Å². The molecule has 2 heteroatoms. The molecule has 0 heterocycles. The Morgan fingerprint density at radius 3 is 2.33 bits per heavy atom. The number of carbonyl (C=O) groups excluding carboxylic acids is 1. The third kappa shape index (κ3) is 9.77. The number of hydrogen-bond donors (Lipinski definition) is 0. The van der Waals surface area contributed by atoms with Gasteiger partial charge < -0.3 is 4.74 Å². The molecule has 2 nitrogen and oxygen atoms in total. The molecular weight excluding hydrogens is 188 g/mol. The molecule has 15 heavy (non-hydrogen) atoms. The lowest BCUT2D eigenvalue weighted by atomic mass is 10.00. The van der Waals surface area contributed by atoms with Crippen LogP contribution in [0, 0.1) is 5.92 Å². The SMILES string of the molecule is CCC(C)CCCCCCCC(=O)OC. The highest BCUT2D eigenvalue weighted by Gasteiger charge is 2.00. The Balaban J connectivity index is 3.08. The molecule has 0 N–H and O–H groups in total. The van der Waals surface area contributed by atoms with Crippen LogP contribution in [0.1, 0.15) is 65.2 Å². The van der Waals surface area contributed by atoms with Gasteiger partial charge in [0.1, 0.15) is 0 Å². The number of hydrogen-bond acceptors (Lipinski definition) is 2. The number of carbonyl (C=O) groups is 1. The summed E-state index contributed by atoms with van der Waals surface area (Å²) < 4.78 is 4.58. The zero-order chi connectivity index (χ0) is 11.5. The van der Waals surface area contributed by atoms with Crippen LogP contribution >= 0.6 is 0 Å². The second-order valence-corrected chi connectivity index (χ2v) is 4.40. The van der Waals surface area contributed by atoms with E-state index in [1.807, 2.05) is 0 Å². The summed E-state index contributed by atoms with van der Waals surface area (Å²) in [5, 5.41) is 0. The Hall–Kier alpha value is -0.530. The summed E-state index contributed by atoms with van der Waals surface area (Å²) in [6, 6.07) is 0. The lowest BCUT2D eigenvalue weighted by molar-refractivity contribution is -0.140. The van der Waals surface area contributed by atoms with Gasteiger partial charge >= 0.3 is 5.97 Å². The van der Waals surface area contributed by atoms with Crippen LogP contribution in [0.5, 0.6) is 0 Å². The maximum absolute atomic E-state index is 10.8. The summed E-state index contributed by atoms with van der Waals surface area (Å²) in [6.45, 7) is 4.57. The van der Waals surface area contributed by atoms with Crippen molar-refractivity contribution in [3.05, 3.63) is 0 Å². The molecule has 0 spiro atoms. The molecular formula is C13H26O2. The van der Waals surface area contributed by atoms with Gasteiger partial charge in [-0.05, 0) is 12.3 Å². The normalized spacial score (nSPS) is 12.5. The van der Waals surface area contributed by atoms with Gasteiger partial charge in [-0.3, -0.25) is 4.79 Å². The van der Waals surface area contributed by atoms with E-state index in [1.165, 1.54) is 39.2 Å². The monoisotopic (exact) mass is 214 g/mol. The first-order chi connectivity index (χ1) is 7.20. The highest BCUT2D eigenvalue weighted by molar-refractivity contribution is 5.68. The molecule has 0 aromatic heterocycles. The Morgan fingerprint density at radius 2 is 1.73 bits per heavy atom. The molecule has 0 aliphatic carbocycles. The maximum atomic E-state index is 10.8. The van der Waals surface area contributed by atoms with Crippen molar-refractivity contribution in [3.8, 4) is 0 Å². The molecule has 1 unspecified atom stereocenters. The van der Waals surface area contributed by atoms with Crippen molar-refractivity contribution in [2.24, 2.45) is 5.92 Å². The largest absolute Gasteiger partial charge is 0.469 e. The minimum Gasteiger partial charge on any atom is -0.469 e. The Bertz CT molecular complexity index is 155. The van der Waals surface area contributed by atoms with Gasteiger partial charge in [0, 0.05) is 6.42 Å². The molecule has 0 rings (SSSR count). The minimum absolute atomic E-state index is 0.0744. The number of unbranched alkanes of at least 4 members (excludes halogenated alkanes) is 4. The van der Waals surface area contributed by atoms with E-state index in [1.54, 1.807) is 0 Å². The number of esters is 1. The number of rotatable bonds is 9. The van der Waals surface area contributed by atoms with Crippen molar-refractivity contribution in [1.29, 1.82) is 0 Å². The van der Waals surface area contributed by atoms with Crippen molar-refractivity contribution in [1.82, 2.24) is 0 Å². The van der Waals surface area contributed by atoms with Crippen LogP contribution in [0.3, 0.4) is 0 Å². The third-order valence-electron chi connectivity index (χ3n) is 3.00. The van der Waals surface area contributed by atoms with Gasteiger partial charge in [0.15, 0.2) is 0 Å². The Morgan fingerprint density at radius 1 is 1.13 bits per heavy atom. The van der Waals surface area contributed by atoms with Crippen LogP contribution < -0.4 is 0 Å². The van der Waals surface area contributed by atoms with E-state index in [-0.39, 0.29) is 5.97 Å². The third-order valence-corrected chi connectivity index (χ3v) is 3.00. The van der Waals surface area contributed by atoms with Crippen molar-refractivity contribution >= 4 is 5.97 Å². The molecule has 0 fully saturated rings. The highest BCUT2D eigenvalue weighted by atomic mass is 16.5. The van der Waals surface area contributed by atoms with Crippen LogP contribution in [0.25, 0.3) is 0 Å². The van der Waals surface area contributed by atoms with Crippen LogP contribution in [0.15, 0.2) is 0 Å². The first-order valence-electron chi connectivity index (χ1n) is 6.27. The molecule has 0 saturated heterocycles. The van der Waals surface area contributed by atoms with Crippen molar-refractivity contribution in [2.45, 2.75) is 65.2 Å². The summed E-state index contributed by atoms with van der Waals surface area (Å²) in [7, 11) is 1.45. The van der Waals surface area contributed by atoms with E-state index >= 15 is 0 Å². The fraction of sp³-hybridized carbons (Fsp3) is 0.923. The van der Waals surface area contributed by atoms with E-state index in [0.717, 1.165) is 18.8 Å². The zero-order valence-electron chi connectivity index (χ0n) is 10.6. The first kappa shape index (κ1) is 14.5.